The molecule has 0 spiro atoms. The highest BCUT2D eigenvalue weighted by Gasteiger charge is 2.10. The van der Waals surface area contributed by atoms with E-state index in [0.29, 0.717) is 16.2 Å². The number of rotatable bonds is 1. The average molecular weight is 262 g/mol. The van der Waals surface area contributed by atoms with E-state index in [-0.39, 0.29) is 11.4 Å². The Kier molecular flexibility index (Phi) is 2.34. The summed E-state index contributed by atoms with van der Waals surface area (Å²) in [7, 11) is 0. The number of benzene rings is 1. The summed E-state index contributed by atoms with van der Waals surface area (Å²) in [6.45, 7) is 0. The van der Waals surface area contributed by atoms with Gasteiger partial charge in [0.05, 0.1) is 12.3 Å². The van der Waals surface area contributed by atoms with Crippen LogP contribution < -0.4 is 5.56 Å². The zero-order valence-corrected chi connectivity index (χ0v) is 9.85. The molecule has 0 fully saturated rings. The first-order valence-corrected chi connectivity index (χ1v) is 5.59. The van der Waals surface area contributed by atoms with Gasteiger partial charge in [0.1, 0.15) is 5.65 Å². The van der Waals surface area contributed by atoms with Crippen molar-refractivity contribution in [1.29, 1.82) is 0 Å². The van der Waals surface area contributed by atoms with Crippen LogP contribution in [0.2, 0.25) is 5.02 Å². The molecule has 0 amide bonds. The van der Waals surface area contributed by atoms with Crippen LogP contribution in [0.1, 0.15) is 0 Å². The Bertz CT molecular complexity index is 791. The van der Waals surface area contributed by atoms with Gasteiger partial charge in [-0.05, 0) is 17.7 Å². The summed E-state index contributed by atoms with van der Waals surface area (Å²) < 4.78 is 1.26. The number of aromatic hydroxyl groups is 1. The summed E-state index contributed by atoms with van der Waals surface area (Å²) in [6.07, 6.45) is 1.57. The van der Waals surface area contributed by atoms with Crippen molar-refractivity contribution < 1.29 is 5.11 Å². The van der Waals surface area contributed by atoms with Crippen LogP contribution in [-0.2, 0) is 0 Å². The molecule has 2 N–H and O–H groups in total. The first kappa shape index (κ1) is 10.9. The van der Waals surface area contributed by atoms with Crippen molar-refractivity contribution in [3.05, 3.63) is 51.9 Å². The molecule has 0 saturated heterocycles. The predicted molar refractivity (Wildman–Crippen MR) is 67.9 cm³/mol. The molecular formula is C12H8ClN3O2. The molecule has 90 valence electrons. The van der Waals surface area contributed by atoms with E-state index in [1.165, 1.54) is 4.52 Å². The van der Waals surface area contributed by atoms with E-state index in [0.717, 1.165) is 11.6 Å². The van der Waals surface area contributed by atoms with Crippen LogP contribution in [0.5, 0.6) is 5.88 Å². The molecule has 3 rings (SSSR count). The second-order valence-corrected chi connectivity index (χ2v) is 4.26. The van der Waals surface area contributed by atoms with Gasteiger partial charge >= 0.3 is 0 Å². The van der Waals surface area contributed by atoms with E-state index in [4.69, 9.17) is 11.6 Å². The highest BCUT2D eigenvalue weighted by Crippen LogP contribution is 2.26. The Morgan fingerprint density at radius 3 is 2.94 bits per heavy atom. The van der Waals surface area contributed by atoms with Crippen LogP contribution in [-0.4, -0.2) is 19.7 Å². The minimum absolute atomic E-state index is 0.206. The highest BCUT2D eigenvalue weighted by molar-refractivity contribution is 6.30. The van der Waals surface area contributed by atoms with E-state index in [2.05, 4.69) is 10.1 Å². The van der Waals surface area contributed by atoms with Crippen LogP contribution in [0.25, 0.3) is 16.8 Å². The van der Waals surface area contributed by atoms with Crippen molar-refractivity contribution in [2.24, 2.45) is 0 Å². The van der Waals surface area contributed by atoms with E-state index in [1.807, 2.05) is 12.1 Å². The molecule has 0 aliphatic carbocycles. The SMILES string of the molecule is O=c1cc(O)n2ncc(-c3cccc(Cl)c3)c2[nH]1. The molecule has 18 heavy (non-hydrogen) atoms. The summed E-state index contributed by atoms with van der Waals surface area (Å²) in [5.41, 5.74) is 1.57. The number of H-pyrrole nitrogens is 1. The summed E-state index contributed by atoms with van der Waals surface area (Å²) in [5.74, 6) is -0.206. The molecule has 1 aromatic carbocycles. The fourth-order valence-corrected chi connectivity index (χ4v) is 2.03. The number of halogens is 1. The Morgan fingerprint density at radius 2 is 2.17 bits per heavy atom. The van der Waals surface area contributed by atoms with Crippen LogP contribution in [0, 0.1) is 0 Å². The molecule has 0 unspecified atom stereocenters. The number of aromatic nitrogens is 3. The molecule has 0 aliphatic rings. The maximum Gasteiger partial charge on any atom is 0.254 e. The van der Waals surface area contributed by atoms with Crippen molar-refractivity contribution in [2.75, 3.05) is 0 Å². The second kappa shape index (κ2) is 3.89. The van der Waals surface area contributed by atoms with Crippen molar-refractivity contribution >= 4 is 17.2 Å². The van der Waals surface area contributed by atoms with Gasteiger partial charge in [-0.25, -0.2) is 0 Å². The summed E-state index contributed by atoms with van der Waals surface area (Å²) in [4.78, 5) is 14.0. The molecule has 3 aromatic rings. The fourth-order valence-electron chi connectivity index (χ4n) is 1.84. The van der Waals surface area contributed by atoms with Gasteiger partial charge in [0.25, 0.3) is 5.56 Å². The van der Waals surface area contributed by atoms with E-state index in [9.17, 15) is 9.90 Å². The predicted octanol–water partition coefficient (Wildman–Crippen LogP) is 2.05. The van der Waals surface area contributed by atoms with Crippen molar-refractivity contribution in [3.63, 3.8) is 0 Å². The van der Waals surface area contributed by atoms with Crippen LogP contribution in [0.15, 0.2) is 41.3 Å². The largest absolute Gasteiger partial charge is 0.493 e. The summed E-state index contributed by atoms with van der Waals surface area (Å²) >= 11 is 5.93. The molecule has 0 saturated carbocycles. The van der Waals surface area contributed by atoms with Crippen LogP contribution >= 0.6 is 11.6 Å². The number of hydrogen-bond acceptors (Lipinski definition) is 3. The number of aromatic amines is 1. The lowest BCUT2D eigenvalue weighted by Gasteiger charge is -2.00. The summed E-state index contributed by atoms with van der Waals surface area (Å²) in [5, 5.41) is 14.2. The Labute approximate surface area is 106 Å². The standard InChI is InChI=1S/C12H8ClN3O2/c13-8-3-1-2-7(4-8)9-6-14-16-11(18)5-10(17)15-12(9)16/h1-6,18H,(H,15,17). The molecule has 6 heteroatoms. The van der Waals surface area contributed by atoms with Gasteiger partial charge in [0, 0.05) is 10.6 Å². The third kappa shape index (κ3) is 1.65. The van der Waals surface area contributed by atoms with Crippen molar-refractivity contribution in [1.82, 2.24) is 14.6 Å². The number of nitrogens with zero attached hydrogens (tertiary/aromatic N) is 2. The Hall–Kier alpha value is -2.27. The first-order chi connectivity index (χ1) is 8.65. The highest BCUT2D eigenvalue weighted by atomic mass is 35.5. The maximum absolute atomic E-state index is 11.4. The van der Waals surface area contributed by atoms with Gasteiger partial charge in [0.15, 0.2) is 0 Å². The van der Waals surface area contributed by atoms with Crippen molar-refractivity contribution in [2.45, 2.75) is 0 Å². The fraction of sp³-hybridized carbons (Fsp3) is 0. The number of hydrogen-bond donors (Lipinski definition) is 2. The molecule has 2 aromatic heterocycles. The maximum atomic E-state index is 11.4. The molecule has 0 aliphatic heterocycles. The third-order valence-electron chi connectivity index (χ3n) is 2.62. The lowest BCUT2D eigenvalue weighted by atomic mass is 10.1. The normalized spacial score (nSPS) is 10.9. The Morgan fingerprint density at radius 1 is 1.33 bits per heavy atom. The van der Waals surface area contributed by atoms with Gasteiger partial charge in [-0.15, -0.1) is 0 Å². The van der Waals surface area contributed by atoms with Crippen molar-refractivity contribution in [3.8, 4) is 17.0 Å². The number of fused-ring (bicyclic) bond motifs is 1. The lowest BCUT2D eigenvalue weighted by molar-refractivity contribution is 0.434. The van der Waals surface area contributed by atoms with Gasteiger partial charge in [-0.1, -0.05) is 23.7 Å². The molecule has 0 bridgehead atoms. The van der Waals surface area contributed by atoms with Gasteiger partial charge in [-0.2, -0.15) is 9.61 Å². The summed E-state index contributed by atoms with van der Waals surface area (Å²) in [6, 6.07) is 8.26. The zero-order chi connectivity index (χ0) is 12.7. The monoisotopic (exact) mass is 261 g/mol. The first-order valence-electron chi connectivity index (χ1n) is 5.21. The van der Waals surface area contributed by atoms with E-state index in [1.54, 1.807) is 18.3 Å². The van der Waals surface area contributed by atoms with E-state index >= 15 is 0 Å². The minimum Gasteiger partial charge on any atom is -0.493 e. The molecule has 0 radical (unpaired) electrons. The smallest absolute Gasteiger partial charge is 0.254 e. The third-order valence-corrected chi connectivity index (χ3v) is 2.86. The molecule has 2 heterocycles. The van der Waals surface area contributed by atoms with Gasteiger partial charge in [0.2, 0.25) is 5.88 Å². The molecule has 5 nitrogen and oxygen atoms in total. The zero-order valence-electron chi connectivity index (χ0n) is 9.09. The molecular weight excluding hydrogens is 254 g/mol. The van der Waals surface area contributed by atoms with Gasteiger partial charge < -0.3 is 10.1 Å². The second-order valence-electron chi connectivity index (χ2n) is 3.82. The minimum atomic E-state index is -0.385. The molecule has 0 atom stereocenters. The van der Waals surface area contributed by atoms with E-state index < -0.39 is 0 Å². The topological polar surface area (TPSA) is 70.4 Å². The lowest BCUT2D eigenvalue weighted by Crippen LogP contribution is -2.07. The quantitative estimate of drug-likeness (QED) is 0.704. The number of nitrogens with one attached hydrogen (secondary N) is 1. The Balaban J connectivity index is 2.34. The van der Waals surface area contributed by atoms with Gasteiger partial charge in [-0.3, -0.25) is 4.79 Å². The van der Waals surface area contributed by atoms with Crippen LogP contribution in [0.4, 0.5) is 0 Å². The average Bonchev–Trinajstić information content (AvgIpc) is 2.72. The van der Waals surface area contributed by atoms with Crippen LogP contribution in [0.3, 0.4) is 0 Å².